The number of esters is 1. The second-order valence-electron chi connectivity index (χ2n) is 8.90. The quantitative estimate of drug-likeness (QED) is 0.580. The van der Waals surface area contributed by atoms with E-state index < -0.39 is 23.5 Å². The van der Waals surface area contributed by atoms with Crippen LogP contribution in [0, 0.1) is 11.6 Å². The molecule has 2 aliphatic heterocycles. The molecule has 1 atom stereocenters. The summed E-state index contributed by atoms with van der Waals surface area (Å²) in [7, 11) is 3.33. The van der Waals surface area contributed by atoms with Crippen LogP contribution in [0.5, 0.6) is 5.75 Å². The van der Waals surface area contributed by atoms with Gasteiger partial charge in [0.15, 0.2) is 11.6 Å². The van der Waals surface area contributed by atoms with E-state index >= 15 is 0 Å². The van der Waals surface area contributed by atoms with Crippen molar-refractivity contribution in [2.75, 3.05) is 40.4 Å². The number of methoxy groups -OCH3 is 1. The van der Waals surface area contributed by atoms with E-state index in [0.717, 1.165) is 37.9 Å². The van der Waals surface area contributed by atoms with E-state index in [2.05, 4.69) is 11.9 Å². The number of ether oxygens (including phenoxy) is 2. The summed E-state index contributed by atoms with van der Waals surface area (Å²) in [5.74, 6) is -3.08. The SMILES string of the molecule is COC(=O)c1c(OCCC2CCCN2C)cc(=O)n2c1CCN(C(=O)c1ccc(F)c(F)c1)CC2. The lowest BCUT2D eigenvalue weighted by Crippen LogP contribution is -2.34. The van der Waals surface area contributed by atoms with E-state index in [-0.39, 0.29) is 48.5 Å². The first kappa shape index (κ1) is 24.8. The van der Waals surface area contributed by atoms with Crippen LogP contribution in [0.1, 0.15) is 45.7 Å². The highest BCUT2D eigenvalue weighted by molar-refractivity contribution is 5.95. The normalized spacial score (nSPS) is 18.2. The number of pyridine rings is 1. The Labute approximate surface area is 202 Å². The molecule has 0 N–H and O–H groups in total. The van der Waals surface area contributed by atoms with Gasteiger partial charge in [0.1, 0.15) is 11.3 Å². The fraction of sp³-hybridized carbons (Fsp3) is 0.480. The number of carbonyl (C=O) groups is 2. The Kier molecular flexibility index (Phi) is 7.49. The van der Waals surface area contributed by atoms with Crippen molar-refractivity contribution < 1.29 is 27.8 Å². The number of fused-ring (bicyclic) bond motifs is 1. The maximum atomic E-state index is 13.6. The lowest BCUT2D eigenvalue weighted by molar-refractivity contribution is 0.0592. The summed E-state index contributed by atoms with van der Waals surface area (Å²) in [5.41, 5.74) is 0.269. The molecule has 188 valence electrons. The van der Waals surface area contributed by atoms with Gasteiger partial charge in [0.05, 0.1) is 13.7 Å². The third kappa shape index (κ3) is 5.22. The molecule has 2 aromatic rings. The number of likely N-dealkylation sites (tertiary alicyclic amines) is 1. The number of halogens is 2. The maximum absolute atomic E-state index is 13.6. The van der Waals surface area contributed by atoms with E-state index in [4.69, 9.17) is 9.47 Å². The zero-order valence-electron chi connectivity index (χ0n) is 19.9. The Bertz CT molecular complexity index is 1180. The van der Waals surface area contributed by atoms with Gasteiger partial charge in [-0.05, 0) is 51.1 Å². The minimum absolute atomic E-state index is 0.0105. The number of hydrogen-bond acceptors (Lipinski definition) is 6. The third-order valence-electron chi connectivity index (χ3n) is 6.82. The second kappa shape index (κ2) is 10.6. The maximum Gasteiger partial charge on any atom is 0.343 e. The van der Waals surface area contributed by atoms with Crippen molar-refractivity contribution >= 4 is 11.9 Å². The topological polar surface area (TPSA) is 81.1 Å². The monoisotopic (exact) mass is 489 g/mol. The van der Waals surface area contributed by atoms with Crippen molar-refractivity contribution in [1.82, 2.24) is 14.4 Å². The van der Waals surface area contributed by atoms with Crippen molar-refractivity contribution in [2.24, 2.45) is 0 Å². The van der Waals surface area contributed by atoms with Gasteiger partial charge in [-0.15, -0.1) is 0 Å². The van der Waals surface area contributed by atoms with Crippen LogP contribution in [-0.2, 0) is 17.7 Å². The van der Waals surface area contributed by atoms with Gasteiger partial charge in [0.2, 0.25) is 0 Å². The molecule has 1 unspecified atom stereocenters. The number of hydrogen-bond donors (Lipinski definition) is 0. The zero-order valence-corrected chi connectivity index (χ0v) is 19.9. The summed E-state index contributed by atoms with van der Waals surface area (Å²) in [4.78, 5) is 42.3. The van der Waals surface area contributed by atoms with Crippen LogP contribution in [0.2, 0.25) is 0 Å². The molecule has 1 aromatic carbocycles. The molecule has 0 saturated carbocycles. The molecule has 4 rings (SSSR count). The predicted octanol–water partition coefficient (Wildman–Crippen LogP) is 2.47. The minimum Gasteiger partial charge on any atom is -0.492 e. The molecule has 10 heteroatoms. The molecule has 0 spiro atoms. The highest BCUT2D eigenvalue weighted by atomic mass is 19.2. The number of benzene rings is 1. The molecule has 3 heterocycles. The molecule has 1 aromatic heterocycles. The Morgan fingerprint density at radius 3 is 2.57 bits per heavy atom. The molecular formula is C25H29F2N3O5. The van der Waals surface area contributed by atoms with E-state index in [1.54, 1.807) is 0 Å². The van der Waals surface area contributed by atoms with Gasteiger partial charge >= 0.3 is 5.97 Å². The van der Waals surface area contributed by atoms with Crippen molar-refractivity contribution in [3.8, 4) is 5.75 Å². The molecule has 0 aliphatic carbocycles. The number of aromatic nitrogens is 1. The fourth-order valence-corrected chi connectivity index (χ4v) is 4.85. The summed E-state index contributed by atoms with van der Waals surface area (Å²) >= 11 is 0. The van der Waals surface area contributed by atoms with Crippen molar-refractivity contribution in [2.45, 2.75) is 38.3 Å². The first-order valence-corrected chi connectivity index (χ1v) is 11.7. The van der Waals surface area contributed by atoms with Crippen LogP contribution in [-0.4, -0.2) is 72.7 Å². The van der Waals surface area contributed by atoms with Gasteiger partial charge in [0.25, 0.3) is 11.5 Å². The third-order valence-corrected chi connectivity index (χ3v) is 6.82. The Balaban J connectivity index is 1.57. The van der Waals surface area contributed by atoms with E-state index in [9.17, 15) is 23.2 Å². The molecule has 2 aliphatic rings. The number of carbonyl (C=O) groups excluding carboxylic acids is 2. The summed E-state index contributed by atoms with van der Waals surface area (Å²) in [5, 5.41) is 0. The first-order chi connectivity index (χ1) is 16.8. The number of rotatable bonds is 6. The standard InChI is InChI=1S/C25H29F2N3O5/c1-28-9-3-4-17(28)8-13-35-21-15-22(31)30-12-11-29(10-7-20(30)23(21)25(33)34-2)24(32)16-5-6-18(26)19(27)14-16/h5-6,14-15,17H,3-4,7-13H2,1-2H3. The molecule has 1 fully saturated rings. The fourth-order valence-electron chi connectivity index (χ4n) is 4.85. The Morgan fingerprint density at radius 2 is 1.89 bits per heavy atom. The van der Waals surface area contributed by atoms with Gasteiger partial charge in [0, 0.05) is 49.4 Å². The van der Waals surface area contributed by atoms with Crippen molar-refractivity contribution in [3.63, 3.8) is 0 Å². The molecule has 0 radical (unpaired) electrons. The van der Waals surface area contributed by atoms with E-state index in [1.165, 1.54) is 28.7 Å². The van der Waals surface area contributed by atoms with Gasteiger partial charge in [-0.3, -0.25) is 9.59 Å². The van der Waals surface area contributed by atoms with Crippen LogP contribution < -0.4 is 10.3 Å². The van der Waals surface area contributed by atoms with Crippen LogP contribution in [0.15, 0.2) is 29.1 Å². The second-order valence-corrected chi connectivity index (χ2v) is 8.90. The summed E-state index contributed by atoms with van der Waals surface area (Å²) < 4.78 is 39.3. The zero-order chi connectivity index (χ0) is 25.1. The van der Waals surface area contributed by atoms with Gasteiger partial charge in [-0.1, -0.05) is 0 Å². The van der Waals surface area contributed by atoms with Gasteiger partial charge in [-0.25, -0.2) is 13.6 Å². The highest BCUT2D eigenvalue weighted by Crippen LogP contribution is 2.26. The van der Waals surface area contributed by atoms with Crippen LogP contribution >= 0.6 is 0 Å². The Morgan fingerprint density at radius 1 is 1.09 bits per heavy atom. The summed E-state index contributed by atoms with van der Waals surface area (Å²) in [6, 6.07) is 4.67. The van der Waals surface area contributed by atoms with E-state index in [0.29, 0.717) is 18.3 Å². The minimum atomic E-state index is -1.11. The number of amides is 1. The molecule has 8 nitrogen and oxygen atoms in total. The Hall–Kier alpha value is -3.27. The lowest BCUT2D eigenvalue weighted by atomic mass is 10.1. The molecule has 35 heavy (non-hydrogen) atoms. The smallest absolute Gasteiger partial charge is 0.343 e. The van der Waals surface area contributed by atoms with Crippen molar-refractivity contribution in [3.05, 3.63) is 63.1 Å². The predicted molar refractivity (Wildman–Crippen MR) is 124 cm³/mol. The summed E-state index contributed by atoms with van der Waals surface area (Å²) in [6.07, 6.45) is 3.18. The lowest BCUT2D eigenvalue weighted by Gasteiger charge is -2.21. The molecular weight excluding hydrogens is 460 g/mol. The van der Waals surface area contributed by atoms with Crippen LogP contribution in [0.25, 0.3) is 0 Å². The number of nitrogens with zero attached hydrogens (tertiary/aromatic N) is 3. The highest BCUT2D eigenvalue weighted by Gasteiger charge is 2.28. The van der Waals surface area contributed by atoms with Crippen LogP contribution in [0.3, 0.4) is 0 Å². The molecule has 0 bridgehead atoms. The largest absolute Gasteiger partial charge is 0.492 e. The molecule has 1 amide bonds. The average molecular weight is 490 g/mol. The van der Waals surface area contributed by atoms with E-state index in [1.807, 2.05) is 0 Å². The first-order valence-electron chi connectivity index (χ1n) is 11.7. The molecule has 1 saturated heterocycles. The van der Waals surface area contributed by atoms with Crippen LogP contribution in [0.4, 0.5) is 8.78 Å². The average Bonchev–Trinajstić information content (AvgIpc) is 3.11. The summed E-state index contributed by atoms with van der Waals surface area (Å²) in [6.45, 7) is 1.87. The van der Waals surface area contributed by atoms with Gasteiger partial charge < -0.3 is 23.8 Å². The van der Waals surface area contributed by atoms with Crippen molar-refractivity contribution in [1.29, 1.82) is 0 Å². The van der Waals surface area contributed by atoms with Gasteiger partial charge in [-0.2, -0.15) is 0 Å².